The van der Waals surface area contributed by atoms with Gasteiger partial charge in [-0.05, 0) is 27.3 Å². The summed E-state index contributed by atoms with van der Waals surface area (Å²) in [4.78, 5) is 16.4. The van der Waals surface area contributed by atoms with E-state index >= 15 is 0 Å². The third-order valence-electron chi connectivity index (χ3n) is 4.40. The Morgan fingerprint density at radius 1 is 1.52 bits per heavy atom. The van der Waals surface area contributed by atoms with Crippen LogP contribution in [0.3, 0.4) is 0 Å². The molecule has 0 radical (unpaired) electrons. The smallest absolute Gasteiger partial charge is 0.226 e. The molecule has 0 unspecified atom stereocenters. The lowest BCUT2D eigenvalue weighted by atomic mass is 10.1. The van der Waals surface area contributed by atoms with Crippen LogP contribution in [0.15, 0.2) is 4.52 Å². The van der Waals surface area contributed by atoms with E-state index in [9.17, 15) is 4.79 Å². The molecule has 1 fully saturated rings. The van der Waals surface area contributed by atoms with Crippen LogP contribution in [0.4, 0.5) is 0 Å². The van der Waals surface area contributed by atoms with Crippen molar-refractivity contribution in [3.05, 3.63) is 17.0 Å². The van der Waals surface area contributed by atoms with Crippen LogP contribution < -0.4 is 0 Å². The quantitative estimate of drug-likeness (QED) is 0.811. The van der Waals surface area contributed by atoms with Gasteiger partial charge in [-0.2, -0.15) is 0 Å². The molecule has 0 N–H and O–H groups in total. The van der Waals surface area contributed by atoms with E-state index in [0.29, 0.717) is 12.5 Å². The van der Waals surface area contributed by atoms with Crippen LogP contribution in [-0.4, -0.2) is 67.3 Å². The number of amides is 1. The van der Waals surface area contributed by atoms with Crippen molar-refractivity contribution in [1.82, 2.24) is 15.0 Å². The zero-order valence-corrected chi connectivity index (χ0v) is 13.5. The van der Waals surface area contributed by atoms with E-state index in [1.165, 1.54) is 0 Å². The average molecular weight is 295 g/mol. The van der Waals surface area contributed by atoms with Crippen molar-refractivity contribution in [2.45, 2.75) is 38.8 Å². The second-order valence-electron chi connectivity index (χ2n) is 5.94. The Bertz CT molecular complexity index is 481. The summed E-state index contributed by atoms with van der Waals surface area (Å²) in [5.41, 5.74) is 1.70. The number of hydrogen-bond acceptors (Lipinski definition) is 5. The second-order valence-corrected chi connectivity index (χ2v) is 5.94. The first-order valence-corrected chi connectivity index (χ1v) is 7.31. The Morgan fingerprint density at radius 2 is 2.24 bits per heavy atom. The maximum atomic E-state index is 12.4. The van der Waals surface area contributed by atoms with Crippen LogP contribution in [0.2, 0.25) is 0 Å². The molecule has 0 spiro atoms. The van der Waals surface area contributed by atoms with E-state index in [4.69, 9.17) is 9.26 Å². The van der Waals surface area contributed by atoms with Crippen LogP contribution in [0.1, 0.15) is 23.4 Å². The van der Waals surface area contributed by atoms with E-state index in [0.717, 1.165) is 36.5 Å². The number of carbonyl (C=O) groups excluding carboxylic acids is 1. The molecular weight excluding hydrogens is 270 g/mol. The lowest BCUT2D eigenvalue weighted by Crippen LogP contribution is -2.40. The summed E-state index contributed by atoms with van der Waals surface area (Å²) in [6, 6.07) is 0.355. The molecule has 1 aliphatic heterocycles. The van der Waals surface area contributed by atoms with Crippen LogP contribution in [0.5, 0.6) is 0 Å². The third-order valence-corrected chi connectivity index (χ3v) is 4.40. The van der Waals surface area contributed by atoms with Gasteiger partial charge in [-0.1, -0.05) is 5.16 Å². The molecule has 6 nitrogen and oxygen atoms in total. The standard InChI is InChI=1S/C15H25N3O3/c1-10-14(11(2)21-16-10)7-15(19)18(4)8-12-6-13(20-5)9-17(12)3/h12-13H,6-9H2,1-5H3/t12-,13-/m0/s1. The summed E-state index contributed by atoms with van der Waals surface area (Å²) in [5, 5.41) is 3.89. The van der Waals surface area contributed by atoms with Crippen molar-refractivity contribution in [3.63, 3.8) is 0 Å². The Kier molecular flexibility index (Phi) is 5.00. The lowest BCUT2D eigenvalue weighted by molar-refractivity contribution is -0.129. The summed E-state index contributed by atoms with van der Waals surface area (Å²) < 4.78 is 10.5. The molecule has 2 rings (SSSR count). The summed E-state index contributed by atoms with van der Waals surface area (Å²) in [5.74, 6) is 0.824. The molecule has 21 heavy (non-hydrogen) atoms. The molecule has 1 aromatic heterocycles. The molecule has 2 heterocycles. The van der Waals surface area contributed by atoms with Crippen molar-refractivity contribution in [2.75, 3.05) is 34.3 Å². The first kappa shape index (κ1) is 16.0. The number of likely N-dealkylation sites (tertiary alicyclic amines) is 1. The number of carbonyl (C=O) groups is 1. The van der Waals surface area contributed by atoms with Crippen LogP contribution in [-0.2, 0) is 16.0 Å². The van der Waals surface area contributed by atoms with Crippen molar-refractivity contribution >= 4 is 5.91 Å². The Balaban J connectivity index is 1.91. The van der Waals surface area contributed by atoms with E-state index in [-0.39, 0.29) is 12.0 Å². The molecule has 0 saturated carbocycles. The van der Waals surface area contributed by atoms with Crippen molar-refractivity contribution in [2.24, 2.45) is 0 Å². The number of rotatable bonds is 5. The van der Waals surface area contributed by atoms with Crippen molar-refractivity contribution in [1.29, 1.82) is 0 Å². The monoisotopic (exact) mass is 295 g/mol. The second kappa shape index (κ2) is 6.58. The Morgan fingerprint density at radius 3 is 2.76 bits per heavy atom. The fourth-order valence-corrected chi connectivity index (χ4v) is 2.87. The minimum atomic E-state index is 0.0960. The molecule has 0 bridgehead atoms. The highest BCUT2D eigenvalue weighted by molar-refractivity contribution is 5.79. The Hall–Kier alpha value is -1.40. The number of aromatic nitrogens is 1. The predicted molar refractivity (Wildman–Crippen MR) is 79.2 cm³/mol. The number of nitrogens with zero attached hydrogens (tertiary/aromatic N) is 3. The van der Waals surface area contributed by atoms with E-state index in [2.05, 4.69) is 17.1 Å². The van der Waals surface area contributed by atoms with E-state index in [1.807, 2.05) is 20.9 Å². The number of methoxy groups -OCH3 is 1. The van der Waals surface area contributed by atoms with Gasteiger partial charge in [-0.3, -0.25) is 9.69 Å². The highest BCUT2D eigenvalue weighted by Crippen LogP contribution is 2.19. The van der Waals surface area contributed by atoms with Crippen molar-refractivity contribution in [3.8, 4) is 0 Å². The first-order valence-electron chi connectivity index (χ1n) is 7.31. The van der Waals surface area contributed by atoms with Crippen LogP contribution in [0.25, 0.3) is 0 Å². The van der Waals surface area contributed by atoms with Gasteiger partial charge in [-0.25, -0.2) is 0 Å². The summed E-state index contributed by atoms with van der Waals surface area (Å²) in [6.07, 6.45) is 1.59. The number of hydrogen-bond donors (Lipinski definition) is 0. The minimum absolute atomic E-state index is 0.0960. The van der Waals surface area contributed by atoms with Crippen molar-refractivity contribution < 1.29 is 14.1 Å². The number of ether oxygens (including phenoxy) is 1. The molecular formula is C15H25N3O3. The molecule has 1 aliphatic rings. The minimum Gasteiger partial charge on any atom is -0.380 e. The summed E-state index contributed by atoms with van der Waals surface area (Å²) >= 11 is 0. The molecule has 6 heteroatoms. The van der Waals surface area contributed by atoms with E-state index < -0.39 is 0 Å². The third kappa shape index (κ3) is 3.63. The maximum absolute atomic E-state index is 12.4. The number of aryl methyl sites for hydroxylation is 2. The van der Waals surface area contributed by atoms with Gasteiger partial charge in [-0.15, -0.1) is 0 Å². The van der Waals surface area contributed by atoms with Crippen LogP contribution in [0, 0.1) is 13.8 Å². The molecule has 1 saturated heterocycles. The summed E-state index contributed by atoms with van der Waals surface area (Å²) in [6.45, 7) is 5.36. The molecule has 2 atom stereocenters. The predicted octanol–water partition coefficient (Wildman–Crippen LogP) is 1.01. The van der Waals surface area contributed by atoms with Gasteiger partial charge in [0.15, 0.2) is 0 Å². The fraction of sp³-hybridized carbons (Fsp3) is 0.733. The van der Waals surface area contributed by atoms with Crippen LogP contribution >= 0.6 is 0 Å². The highest BCUT2D eigenvalue weighted by Gasteiger charge is 2.31. The van der Waals surface area contributed by atoms with E-state index in [1.54, 1.807) is 12.0 Å². The molecule has 0 aliphatic carbocycles. The molecule has 1 aromatic rings. The van der Waals surface area contributed by atoms with Gasteiger partial charge in [0.1, 0.15) is 5.76 Å². The number of likely N-dealkylation sites (N-methyl/N-ethyl adjacent to an activating group) is 2. The van der Waals surface area contributed by atoms with Gasteiger partial charge in [0.05, 0.1) is 18.2 Å². The SMILES string of the molecule is CO[C@H]1C[C@@H](CN(C)C(=O)Cc2c(C)noc2C)N(C)C1. The fourth-order valence-electron chi connectivity index (χ4n) is 2.87. The zero-order chi connectivity index (χ0) is 15.6. The van der Waals surface area contributed by atoms with Gasteiger partial charge in [0.25, 0.3) is 0 Å². The lowest BCUT2D eigenvalue weighted by Gasteiger charge is -2.25. The molecule has 0 aromatic carbocycles. The largest absolute Gasteiger partial charge is 0.380 e. The first-order chi connectivity index (χ1) is 9.92. The molecule has 1 amide bonds. The molecule has 118 valence electrons. The Labute approximate surface area is 126 Å². The normalized spacial score (nSPS) is 22.7. The average Bonchev–Trinajstić information content (AvgIpc) is 2.95. The highest BCUT2D eigenvalue weighted by atomic mass is 16.5. The van der Waals surface area contributed by atoms with Gasteiger partial charge >= 0.3 is 0 Å². The van der Waals surface area contributed by atoms with Gasteiger partial charge in [0.2, 0.25) is 5.91 Å². The summed E-state index contributed by atoms with van der Waals surface area (Å²) in [7, 11) is 5.68. The topological polar surface area (TPSA) is 58.8 Å². The maximum Gasteiger partial charge on any atom is 0.226 e. The van der Waals surface area contributed by atoms with Gasteiger partial charge < -0.3 is 14.2 Å². The van der Waals surface area contributed by atoms with Gasteiger partial charge in [0, 0.05) is 38.9 Å². The zero-order valence-electron chi connectivity index (χ0n) is 13.5.